The van der Waals surface area contributed by atoms with Crippen LogP contribution in [-0.4, -0.2) is 37.5 Å². The fourth-order valence-electron chi connectivity index (χ4n) is 2.27. The summed E-state index contributed by atoms with van der Waals surface area (Å²) in [6.45, 7) is 4.81. The minimum atomic E-state index is 0. The standard InChI is InChI=1S/C15H33ClN.BrH/c1-4-5-6-7-8-9-10-11-14-17(2,3)15-12-13-16;/h4-15H2,1-3H3;1H/q+1;/p-1. The number of rotatable bonds is 12. The van der Waals surface area contributed by atoms with Crippen molar-refractivity contribution < 1.29 is 21.5 Å². The van der Waals surface area contributed by atoms with Gasteiger partial charge >= 0.3 is 0 Å². The van der Waals surface area contributed by atoms with Crippen LogP contribution in [0.5, 0.6) is 0 Å². The Balaban J connectivity index is 0. The average Bonchev–Trinajstić information content (AvgIpc) is 2.30. The lowest BCUT2D eigenvalue weighted by atomic mass is 10.1. The second kappa shape index (κ2) is 14.1. The van der Waals surface area contributed by atoms with E-state index in [1.807, 2.05) is 0 Å². The average molecular weight is 343 g/mol. The number of hydrogen-bond acceptors (Lipinski definition) is 0. The van der Waals surface area contributed by atoms with Gasteiger partial charge in [-0.3, -0.25) is 0 Å². The topological polar surface area (TPSA) is 0 Å². The first kappa shape index (κ1) is 21.0. The van der Waals surface area contributed by atoms with Gasteiger partial charge in [-0.05, 0) is 12.8 Å². The van der Waals surface area contributed by atoms with E-state index in [0.717, 1.165) is 16.8 Å². The fraction of sp³-hybridized carbons (Fsp3) is 1.00. The van der Waals surface area contributed by atoms with E-state index >= 15 is 0 Å². The Bertz CT molecular complexity index is 163. The number of nitrogens with zero attached hydrogens (tertiary/aromatic N) is 1. The fourth-order valence-corrected chi connectivity index (χ4v) is 2.39. The predicted octanol–water partition coefficient (Wildman–Crippen LogP) is 1.84. The summed E-state index contributed by atoms with van der Waals surface area (Å²) in [7, 11) is 4.65. The number of halogens is 2. The molecule has 0 bridgehead atoms. The number of hydrogen-bond donors (Lipinski definition) is 0. The molecule has 0 aromatic rings. The molecule has 0 atom stereocenters. The van der Waals surface area contributed by atoms with Crippen LogP contribution in [0.3, 0.4) is 0 Å². The molecule has 0 unspecified atom stereocenters. The summed E-state index contributed by atoms with van der Waals surface area (Å²) in [5, 5.41) is 0. The zero-order valence-corrected chi connectivity index (χ0v) is 15.0. The molecule has 0 aliphatic heterocycles. The van der Waals surface area contributed by atoms with E-state index in [-0.39, 0.29) is 17.0 Å². The lowest BCUT2D eigenvalue weighted by Gasteiger charge is -2.29. The molecule has 0 rings (SSSR count). The van der Waals surface area contributed by atoms with Gasteiger partial charge in [0, 0.05) is 12.3 Å². The molecular formula is C15H33BrClN. The van der Waals surface area contributed by atoms with Crippen molar-refractivity contribution in [1.29, 1.82) is 0 Å². The van der Waals surface area contributed by atoms with Gasteiger partial charge in [0.1, 0.15) is 0 Å². The van der Waals surface area contributed by atoms with Gasteiger partial charge in [-0.15, -0.1) is 11.6 Å². The number of unbranched alkanes of at least 4 members (excludes halogenated alkanes) is 7. The third-order valence-electron chi connectivity index (χ3n) is 3.51. The molecule has 0 saturated carbocycles. The smallest absolute Gasteiger partial charge is 0.0794 e. The summed E-state index contributed by atoms with van der Waals surface area (Å²) in [6, 6.07) is 0. The van der Waals surface area contributed by atoms with Crippen molar-refractivity contribution in [3.63, 3.8) is 0 Å². The van der Waals surface area contributed by atoms with Crippen LogP contribution >= 0.6 is 11.6 Å². The minimum Gasteiger partial charge on any atom is -1.00 e. The van der Waals surface area contributed by atoms with Crippen molar-refractivity contribution in [1.82, 2.24) is 0 Å². The highest BCUT2D eigenvalue weighted by Crippen LogP contribution is 2.10. The van der Waals surface area contributed by atoms with Gasteiger partial charge in [-0.2, -0.15) is 0 Å². The lowest BCUT2D eigenvalue weighted by Crippen LogP contribution is -3.00. The Morgan fingerprint density at radius 3 is 1.67 bits per heavy atom. The van der Waals surface area contributed by atoms with Gasteiger partial charge in [0.05, 0.1) is 27.2 Å². The summed E-state index contributed by atoms with van der Waals surface area (Å²) in [4.78, 5) is 0. The maximum absolute atomic E-state index is 5.74. The highest BCUT2D eigenvalue weighted by molar-refractivity contribution is 6.17. The molecule has 0 aromatic carbocycles. The van der Waals surface area contributed by atoms with E-state index in [4.69, 9.17) is 11.6 Å². The van der Waals surface area contributed by atoms with Crippen LogP contribution in [0.2, 0.25) is 0 Å². The van der Waals surface area contributed by atoms with E-state index in [1.165, 1.54) is 64.5 Å². The van der Waals surface area contributed by atoms with Crippen LogP contribution < -0.4 is 17.0 Å². The zero-order chi connectivity index (χ0) is 13.0. The Morgan fingerprint density at radius 1 is 0.722 bits per heavy atom. The van der Waals surface area contributed by atoms with Crippen LogP contribution in [0, 0.1) is 0 Å². The normalized spacial score (nSPS) is 11.3. The second-order valence-electron chi connectivity index (χ2n) is 5.90. The third kappa shape index (κ3) is 14.8. The second-order valence-corrected chi connectivity index (χ2v) is 6.28. The monoisotopic (exact) mass is 341 g/mol. The molecule has 0 saturated heterocycles. The first-order valence-electron chi connectivity index (χ1n) is 7.50. The molecule has 18 heavy (non-hydrogen) atoms. The van der Waals surface area contributed by atoms with Crippen molar-refractivity contribution >= 4 is 11.6 Å². The van der Waals surface area contributed by atoms with Crippen molar-refractivity contribution in [2.45, 2.75) is 64.7 Å². The van der Waals surface area contributed by atoms with E-state index in [9.17, 15) is 0 Å². The van der Waals surface area contributed by atoms with E-state index in [1.54, 1.807) is 0 Å². The van der Waals surface area contributed by atoms with Gasteiger partial charge in [0.25, 0.3) is 0 Å². The summed E-state index contributed by atoms with van der Waals surface area (Å²) >= 11 is 5.74. The molecule has 0 heterocycles. The molecule has 3 heteroatoms. The summed E-state index contributed by atoms with van der Waals surface area (Å²) in [5.41, 5.74) is 0. The van der Waals surface area contributed by atoms with Crippen LogP contribution in [-0.2, 0) is 0 Å². The zero-order valence-electron chi connectivity index (χ0n) is 12.7. The van der Waals surface area contributed by atoms with Gasteiger partial charge < -0.3 is 21.5 Å². The molecule has 0 aromatic heterocycles. The molecule has 0 amide bonds. The molecule has 1 nitrogen and oxygen atoms in total. The largest absolute Gasteiger partial charge is 1.00 e. The SMILES string of the molecule is CCCCCCCCCC[N+](C)(C)CCCCl.[Br-]. The summed E-state index contributed by atoms with van der Waals surface area (Å²) in [6.07, 6.45) is 12.5. The molecule has 0 aliphatic carbocycles. The maximum atomic E-state index is 5.74. The van der Waals surface area contributed by atoms with Crippen LogP contribution in [0.25, 0.3) is 0 Å². The Morgan fingerprint density at radius 2 is 1.17 bits per heavy atom. The highest BCUT2D eigenvalue weighted by atomic mass is 79.9. The van der Waals surface area contributed by atoms with Gasteiger partial charge in [-0.25, -0.2) is 0 Å². The summed E-state index contributed by atoms with van der Waals surface area (Å²) < 4.78 is 1.14. The number of quaternary nitrogens is 1. The minimum absolute atomic E-state index is 0. The molecule has 0 radical (unpaired) electrons. The Hall–Kier alpha value is 0.730. The van der Waals surface area contributed by atoms with Crippen molar-refractivity contribution in [2.24, 2.45) is 0 Å². The quantitative estimate of drug-likeness (QED) is 0.288. The van der Waals surface area contributed by atoms with E-state index < -0.39 is 0 Å². The lowest BCUT2D eigenvalue weighted by molar-refractivity contribution is -0.890. The molecule has 0 aliphatic rings. The molecule has 0 spiro atoms. The highest BCUT2D eigenvalue weighted by Gasteiger charge is 2.12. The first-order chi connectivity index (χ1) is 8.12. The molecule has 0 N–H and O–H groups in total. The van der Waals surface area contributed by atoms with Crippen molar-refractivity contribution in [2.75, 3.05) is 33.1 Å². The third-order valence-corrected chi connectivity index (χ3v) is 3.78. The van der Waals surface area contributed by atoms with Crippen molar-refractivity contribution in [3.8, 4) is 0 Å². The first-order valence-corrected chi connectivity index (χ1v) is 8.04. The van der Waals surface area contributed by atoms with Gasteiger partial charge in [-0.1, -0.05) is 45.4 Å². The predicted molar refractivity (Wildman–Crippen MR) is 79.8 cm³/mol. The number of alkyl halides is 1. The van der Waals surface area contributed by atoms with Crippen molar-refractivity contribution in [3.05, 3.63) is 0 Å². The van der Waals surface area contributed by atoms with Gasteiger partial charge in [0.2, 0.25) is 0 Å². The molecular weight excluding hydrogens is 310 g/mol. The molecule has 0 fully saturated rings. The van der Waals surface area contributed by atoms with E-state index in [0.29, 0.717) is 0 Å². The van der Waals surface area contributed by atoms with E-state index in [2.05, 4.69) is 21.0 Å². The van der Waals surface area contributed by atoms with Crippen LogP contribution in [0.15, 0.2) is 0 Å². The summed E-state index contributed by atoms with van der Waals surface area (Å²) in [5.74, 6) is 0.805. The van der Waals surface area contributed by atoms with Crippen LogP contribution in [0.1, 0.15) is 64.7 Å². The van der Waals surface area contributed by atoms with Gasteiger partial charge in [0.15, 0.2) is 0 Å². The maximum Gasteiger partial charge on any atom is 0.0794 e. The Kier molecular flexibility index (Phi) is 16.5. The Labute approximate surface area is 131 Å². The van der Waals surface area contributed by atoms with Crippen LogP contribution in [0.4, 0.5) is 0 Å². The molecule has 112 valence electrons.